The van der Waals surface area contributed by atoms with E-state index in [2.05, 4.69) is 27.5 Å². The second kappa shape index (κ2) is 9.88. The van der Waals surface area contributed by atoms with Gasteiger partial charge in [-0.3, -0.25) is 14.5 Å². The standard InChI is InChI=1S/C24H26N6O.H2S/c1-4-21-24(31)28-23-16(2)27-20(11-22(23)29(21)3)10-9-17-13-26-30(14-17)15-19-8-6-5-7-18(19)12-25;/h5-8,11,13-14,21H,4,9-10,15H2,1-3H3,(H,28,31);1H2/t21-;/m0./s1. The Morgan fingerprint density at radius 3 is 2.78 bits per heavy atom. The monoisotopic (exact) mass is 448 g/mol. The Morgan fingerprint density at radius 1 is 1.25 bits per heavy atom. The average Bonchev–Trinajstić information content (AvgIpc) is 3.21. The topological polar surface area (TPSA) is 86.8 Å². The van der Waals surface area contributed by atoms with Gasteiger partial charge in [-0.05, 0) is 49.4 Å². The normalized spacial score (nSPS) is 14.9. The van der Waals surface area contributed by atoms with Crippen LogP contribution in [0.5, 0.6) is 0 Å². The molecule has 1 atom stereocenters. The first-order valence-corrected chi connectivity index (χ1v) is 10.5. The predicted octanol–water partition coefficient (Wildman–Crippen LogP) is 3.57. The van der Waals surface area contributed by atoms with Gasteiger partial charge in [0.2, 0.25) is 5.91 Å². The molecular weight excluding hydrogens is 420 g/mol. The van der Waals surface area contributed by atoms with Crippen LogP contribution >= 0.6 is 13.5 Å². The van der Waals surface area contributed by atoms with E-state index in [1.165, 1.54) is 0 Å². The SMILES string of the molecule is CC[C@H]1C(=O)Nc2c(cc(CCc3cnn(Cc4ccccc4C#N)c3)nc2C)N1C.S. The van der Waals surface area contributed by atoms with Crippen molar-refractivity contribution < 1.29 is 4.79 Å². The molecule has 0 radical (unpaired) electrons. The highest BCUT2D eigenvalue weighted by molar-refractivity contribution is 7.59. The molecular formula is C24H28N6OS. The van der Waals surface area contributed by atoms with Gasteiger partial charge in [0.1, 0.15) is 6.04 Å². The Morgan fingerprint density at radius 2 is 2.03 bits per heavy atom. The number of hydrogen-bond donors (Lipinski definition) is 1. The second-order valence-electron chi connectivity index (χ2n) is 7.93. The lowest BCUT2D eigenvalue weighted by atomic mass is 10.0. The summed E-state index contributed by atoms with van der Waals surface area (Å²) in [4.78, 5) is 19.1. The molecule has 1 N–H and O–H groups in total. The van der Waals surface area contributed by atoms with Gasteiger partial charge in [-0.2, -0.15) is 23.9 Å². The van der Waals surface area contributed by atoms with E-state index in [9.17, 15) is 10.1 Å². The molecule has 0 bridgehead atoms. The number of aromatic nitrogens is 3. The van der Waals surface area contributed by atoms with E-state index >= 15 is 0 Å². The first kappa shape index (κ1) is 23.4. The van der Waals surface area contributed by atoms with E-state index in [4.69, 9.17) is 4.98 Å². The van der Waals surface area contributed by atoms with Crippen LogP contribution in [0.2, 0.25) is 0 Å². The van der Waals surface area contributed by atoms with Crippen LogP contribution in [0.25, 0.3) is 0 Å². The summed E-state index contributed by atoms with van der Waals surface area (Å²) < 4.78 is 1.87. The van der Waals surface area contributed by atoms with Gasteiger partial charge in [0, 0.05) is 18.9 Å². The number of nitrogens with zero attached hydrogens (tertiary/aromatic N) is 5. The van der Waals surface area contributed by atoms with Crippen molar-refractivity contribution in [1.29, 1.82) is 5.26 Å². The summed E-state index contributed by atoms with van der Waals surface area (Å²) >= 11 is 0. The fourth-order valence-electron chi connectivity index (χ4n) is 4.13. The Hall–Kier alpha value is -3.31. The first-order valence-electron chi connectivity index (χ1n) is 10.5. The molecule has 1 aromatic carbocycles. The lowest BCUT2D eigenvalue weighted by Crippen LogP contribution is -2.46. The number of likely N-dealkylation sites (N-methyl/N-ethyl adjacent to an activating group) is 1. The van der Waals surface area contributed by atoms with E-state index in [1.54, 1.807) is 0 Å². The van der Waals surface area contributed by atoms with Crippen LogP contribution in [0.15, 0.2) is 42.7 Å². The van der Waals surface area contributed by atoms with Gasteiger partial charge < -0.3 is 10.2 Å². The Balaban J connectivity index is 0.00000289. The Kier molecular flexibility index (Phi) is 7.21. The molecule has 3 heterocycles. The summed E-state index contributed by atoms with van der Waals surface area (Å²) in [6.07, 6.45) is 6.26. The molecule has 3 aromatic rings. The molecule has 1 amide bonds. The number of nitrogens with one attached hydrogen (secondary N) is 1. The highest BCUT2D eigenvalue weighted by Gasteiger charge is 2.30. The summed E-state index contributed by atoms with van der Waals surface area (Å²) in [5.41, 5.74) is 6.43. The van der Waals surface area contributed by atoms with Crippen LogP contribution < -0.4 is 10.2 Å². The first-order chi connectivity index (χ1) is 15.0. The maximum Gasteiger partial charge on any atom is 0.247 e. The number of rotatable bonds is 6. The smallest absolute Gasteiger partial charge is 0.247 e. The number of amides is 1. The maximum atomic E-state index is 12.3. The van der Waals surface area contributed by atoms with Gasteiger partial charge in [-0.15, -0.1) is 0 Å². The molecule has 0 unspecified atom stereocenters. The van der Waals surface area contributed by atoms with E-state index < -0.39 is 0 Å². The van der Waals surface area contributed by atoms with Crippen LogP contribution in [0.1, 0.15) is 41.4 Å². The molecule has 166 valence electrons. The van der Waals surface area contributed by atoms with Crippen LogP contribution in [0.3, 0.4) is 0 Å². The summed E-state index contributed by atoms with van der Waals surface area (Å²) in [5.74, 6) is 0.0283. The number of aryl methyl sites for hydroxylation is 3. The highest BCUT2D eigenvalue weighted by atomic mass is 32.1. The summed E-state index contributed by atoms with van der Waals surface area (Å²) in [5, 5.41) is 16.7. The zero-order chi connectivity index (χ0) is 22.0. The lowest BCUT2D eigenvalue weighted by Gasteiger charge is -2.35. The summed E-state index contributed by atoms with van der Waals surface area (Å²) in [6, 6.07) is 11.8. The molecule has 4 rings (SSSR count). The third-order valence-corrected chi connectivity index (χ3v) is 5.84. The third kappa shape index (κ3) is 4.63. The fraction of sp³-hybridized carbons (Fsp3) is 0.333. The van der Waals surface area contributed by atoms with E-state index in [0.717, 1.165) is 53.2 Å². The minimum Gasteiger partial charge on any atom is -0.361 e. The minimum absolute atomic E-state index is 0. The Labute approximate surface area is 195 Å². The van der Waals surface area contributed by atoms with Crippen molar-refractivity contribution in [2.45, 2.75) is 45.7 Å². The zero-order valence-electron chi connectivity index (χ0n) is 18.6. The van der Waals surface area contributed by atoms with E-state index in [1.807, 2.05) is 62.2 Å². The maximum absolute atomic E-state index is 12.3. The third-order valence-electron chi connectivity index (χ3n) is 5.84. The number of nitriles is 1. The number of pyridine rings is 1. The van der Waals surface area contributed by atoms with Gasteiger partial charge >= 0.3 is 0 Å². The number of anilines is 2. The van der Waals surface area contributed by atoms with Crippen LogP contribution in [-0.4, -0.2) is 33.8 Å². The molecule has 0 saturated carbocycles. The summed E-state index contributed by atoms with van der Waals surface area (Å²) in [7, 11) is 1.97. The molecule has 1 aliphatic heterocycles. The van der Waals surface area contributed by atoms with Crippen molar-refractivity contribution >= 4 is 30.8 Å². The average molecular weight is 449 g/mol. The van der Waals surface area contributed by atoms with Crippen LogP contribution in [0, 0.1) is 18.3 Å². The molecule has 1 aliphatic rings. The minimum atomic E-state index is -0.156. The second-order valence-corrected chi connectivity index (χ2v) is 7.93. The molecule has 0 spiro atoms. The molecule has 7 nitrogen and oxygen atoms in total. The summed E-state index contributed by atoms with van der Waals surface area (Å²) in [6.45, 7) is 4.53. The van der Waals surface area contributed by atoms with Crippen molar-refractivity contribution in [3.05, 3.63) is 70.8 Å². The van der Waals surface area contributed by atoms with Crippen molar-refractivity contribution in [3.63, 3.8) is 0 Å². The number of carbonyl (C=O) groups is 1. The zero-order valence-corrected chi connectivity index (χ0v) is 19.6. The van der Waals surface area contributed by atoms with Gasteiger partial charge in [0.05, 0.1) is 41.4 Å². The van der Waals surface area contributed by atoms with Crippen molar-refractivity contribution in [3.8, 4) is 6.07 Å². The van der Waals surface area contributed by atoms with Gasteiger partial charge in [-0.25, -0.2) is 0 Å². The number of benzene rings is 1. The Bertz CT molecular complexity index is 1170. The molecule has 0 saturated heterocycles. The fourth-order valence-corrected chi connectivity index (χ4v) is 4.13. The van der Waals surface area contributed by atoms with Gasteiger partial charge in [0.15, 0.2) is 0 Å². The van der Waals surface area contributed by atoms with E-state index in [-0.39, 0.29) is 25.4 Å². The predicted molar refractivity (Wildman–Crippen MR) is 130 cm³/mol. The van der Waals surface area contributed by atoms with Crippen molar-refractivity contribution in [2.24, 2.45) is 0 Å². The van der Waals surface area contributed by atoms with Crippen LogP contribution in [0.4, 0.5) is 11.4 Å². The van der Waals surface area contributed by atoms with Gasteiger partial charge in [0.25, 0.3) is 0 Å². The lowest BCUT2D eigenvalue weighted by molar-refractivity contribution is -0.117. The number of hydrogen-bond acceptors (Lipinski definition) is 5. The highest BCUT2D eigenvalue weighted by Crippen LogP contribution is 2.34. The van der Waals surface area contributed by atoms with Crippen molar-refractivity contribution in [1.82, 2.24) is 14.8 Å². The molecule has 0 fully saturated rings. The largest absolute Gasteiger partial charge is 0.361 e. The number of carbonyl (C=O) groups excluding carboxylic acids is 1. The van der Waals surface area contributed by atoms with Crippen LogP contribution in [-0.2, 0) is 24.2 Å². The van der Waals surface area contributed by atoms with E-state index in [0.29, 0.717) is 12.1 Å². The van der Waals surface area contributed by atoms with Gasteiger partial charge in [-0.1, -0.05) is 25.1 Å². The molecule has 2 aromatic heterocycles. The molecule has 0 aliphatic carbocycles. The molecule has 8 heteroatoms. The quantitative estimate of drug-likeness (QED) is 0.623. The molecule has 32 heavy (non-hydrogen) atoms. The number of fused-ring (bicyclic) bond motifs is 1. The van der Waals surface area contributed by atoms with Crippen molar-refractivity contribution in [2.75, 3.05) is 17.3 Å².